The van der Waals surface area contributed by atoms with Gasteiger partial charge >= 0.3 is 0 Å². The number of methoxy groups -OCH3 is 1. The average Bonchev–Trinajstić information content (AvgIpc) is 3.23. The fraction of sp³-hybridized carbons (Fsp3) is 0.200. The van der Waals surface area contributed by atoms with Crippen LogP contribution in [0.4, 0.5) is 11.4 Å². The van der Waals surface area contributed by atoms with E-state index in [0.29, 0.717) is 17.1 Å². The monoisotopic (exact) mass is 379 g/mol. The van der Waals surface area contributed by atoms with Crippen LogP contribution >= 0.6 is 0 Å². The Hall–Kier alpha value is -3.68. The number of anilines is 2. The van der Waals surface area contributed by atoms with Crippen LogP contribution in [0.25, 0.3) is 0 Å². The minimum absolute atomic E-state index is 0.134. The molecule has 1 heterocycles. The van der Waals surface area contributed by atoms with Gasteiger partial charge in [-0.3, -0.25) is 9.59 Å². The Bertz CT molecular complexity index is 939. The van der Waals surface area contributed by atoms with E-state index < -0.39 is 6.04 Å². The molecule has 2 amide bonds. The van der Waals surface area contributed by atoms with E-state index in [0.717, 1.165) is 5.56 Å². The van der Waals surface area contributed by atoms with Crippen molar-refractivity contribution in [1.82, 2.24) is 14.8 Å². The molecular weight excluding hydrogens is 358 g/mol. The number of carbonyl (C=O) groups excluding carboxylic acids is 2. The van der Waals surface area contributed by atoms with E-state index >= 15 is 0 Å². The number of aromatic nitrogens is 3. The number of nitrogens with one attached hydrogen (secondary N) is 2. The quantitative estimate of drug-likeness (QED) is 0.658. The summed E-state index contributed by atoms with van der Waals surface area (Å²) < 4.78 is 6.64. The lowest BCUT2D eigenvalue weighted by molar-refractivity contribution is -0.119. The van der Waals surface area contributed by atoms with Crippen LogP contribution < -0.4 is 15.4 Å². The average molecular weight is 379 g/mol. The minimum Gasteiger partial charge on any atom is -0.497 e. The topological polar surface area (TPSA) is 98.1 Å². The zero-order valence-corrected chi connectivity index (χ0v) is 15.6. The Labute approximate surface area is 162 Å². The van der Waals surface area contributed by atoms with Crippen molar-refractivity contribution in [2.24, 2.45) is 0 Å². The van der Waals surface area contributed by atoms with Gasteiger partial charge in [0.25, 0.3) is 0 Å². The maximum absolute atomic E-state index is 12.2. The first-order chi connectivity index (χ1) is 13.5. The van der Waals surface area contributed by atoms with Gasteiger partial charge in [0.05, 0.1) is 13.5 Å². The van der Waals surface area contributed by atoms with Crippen LogP contribution in [0.2, 0.25) is 0 Å². The summed E-state index contributed by atoms with van der Waals surface area (Å²) in [6, 6.07) is 13.8. The summed E-state index contributed by atoms with van der Waals surface area (Å²) in [7, 11) is 1.59. The Kier molecular flexibility index (Phi) is 6.01. The summed E-state index contributed by atoms with van der Waals surface area (Å²) in [6.07, 6.45) is 3.11. The van der Waals surface area contributed by atoms with E-state index in [1.165, 1.54) is 17.3 Å². The number of hydrogen-bond acceptors (Lipinski definition) is 5. The zero-order valence-electron chi connectivity index (χ0n) is 15.6. The van der Waals surface area contributed by atoms with Crippen LogP contribution in [-0.4, -0.2) is 33.7 Å². The van der Waals surface area contributed by atoms with Gasteiger partial charge in [-0.2, -0.15) is 5.10 Å². The Morgan fingerprint density at radius 1 is 1.11 bits per heavy atom. The summed E-state index contributed by atoms with van der Waals surface area (Å²) in [6.45, 7) is 1.73. The molecule has 28 heavy (non-hydrogen) atoms. The molecule has 0 spiro atoms. The van der Waals surface area contributed by atoms with Crippen LogP contribution in [0.15, 0.2) is 61.2 Å². The molecule has 0 unspecified atom stereocenters. The molecule has 2 N–H and O–H groups in total. The van der Waals surface area contributed by atoms with Crippen molar-refractivity contribution in [3.63, 3.8) is 0 Å². The van der Waals surface area contributed by atoms with Crippen molar-refractivity contribution in [3.05, 3.63) is 66.7 Å². The van der Waals surface area contributed by atoms with Crippen molar-refractivity contribution in [3.8, 4) is 5.75 Å². The highest BCUT2D eigenvalue weighted by molar-refractivity contribution is 5.95. The standard InChI is InChI=1S/C20H21N5O3/c1-14(25-13-21-12-22-25)20(27)24-17-8-6-16(7-9-17)23-19(26)11-15-4-3-5-18(10-15)28-2/h3-10,12-14H,11H2,1-2H3,(H,23,26)(H,24,27)/t14-/m1/s1. The van der Waals surface area contributed by atoms with E-state index in [1.807, 2.05) is 24.3 Å². The van der Waals surface area contributed by atoms with Crippen LogP contribution in [0.3, 0.4) is 0 Å². The SMILES string of the molecule is COc1cccc(CC(=O)Nc2ccc(NC(=O)[C@@H](C)n3cncn3)cc2)c1. The molecule has 1 atom stereocenters. The molecule has 0 aliphatic heterocycles. The summed E-state index contributed by atoms with van der Waals surface area (Å²) >= 11 is 0. The molecule has 0 aliphatic rings. The summed E-state index contributed by atoms with van der Waals surface area (Å²) in [5, 5.41) is 9.61. The van der Waals surface area contributed by atoms with Gasteiger partial charge < -0.3 is 15.4 Å². The molecule has 3 rings (SSSR count). The third-order valence-electron chi connectivity index (χ3n) is 4.15. The Balaban J connectivity index is 1.55. The normalized spacial score (nSPS) is 11.5. The second-order valence-electron chi connectivity index (χ2n) is 6.19. The molecule has 0 fully saturated rings. The minimum atomic E-state index is -0.482. The molecule has 0 aliphatic carbocycles. The van der Waals surface area contributed by atoms with Crippen LogP contribution in [0.5, 0.6) is 5.75 Å². The smallest absolute Gasteiger partial charge is 0.249 e. The van der Waals surface area contributed by atoms with Crippen LogP contribution in [-0.2, 0) is 16.0 Å². The predicted molar refractivity (Wildman–Crippen MR) is 105 cm³/mol. The first-order valence-electron chi connectivity index (χ1n) is 8.73. The maximum Gasteiger partial charge on any atom is 0.249 e. The molecule has 3 aromatic rings. The number of amides is 2. The van der Waals surface area contributed by atoms with Gasteiger partial charge in [-0.15, -0.1) is 0 Å². The lowest BCUT2D eigenvalue weighted by atomic mass is 10.1. The highest BCUT2D eigenvalue weighted by Crippen LogP contribution is 2.17. The predicted octanol–water partition coefficient (Wildman–Crippen LogP) is 2.67. The van der Waals surface area contributed by atoms with E-state index in [1.54, 1.807) is 38.3 Å². The second kappa shape index (κ2) is 8.81. The summed E-state index contributed by atoms with van der Waals surface area (Å²) in [5.41, 5.74) is 2.14. The van der Waals surface area contributed by atoms with Gasteiger partial charge in [0.2, 0.25) is 11.8 Å². The van der Waals surface area contributed by atoms with E-state index in [9.17, 15) is 9.59 Å². The van der Waals surface area contributed by atoms with Gasteiger partial charge in [-0.05, 0) is 48.9 Å². The van der Waals surface area contributed by atoms with E-state index in [-0.39, 0.29) is 18.2 Å². The van der Waals surface area contributed by atoms with Crippen molar-refractivity contribution >= 4 is 23.2 Å². The molecule has 0 radical (unpaired) electrons. The molecule has 2 aromatic carbocycles. The third-order valence-corrected chi connectivity index (χ3v) is 4.15. The summed E-state index contributed by atoms with van der Waals surface area (Å²) in [4.78, 5) is 28.3. The first kappa shape index (κ1) is 19.1. The first-order valence-corrected chi connectivity index (χ1v) is 8.73. The van der Waals surface area contributed by atoms with Gasteiger partial charge in [0.1, 0.15) is 24.4 Å². The van der Waals surface area contributed by atoms with E-state index in [4.69, 9.17) is 4.74 Å². The van der Waals surface area contributed by atoms with Crippen molar-refractivity contribution in [1.29, 1.82) is 0 Å². The number of rotatable bonds is 7. The highest BCUT2D eigenvalue weighted by atomic mass is 16.5. The number of nitrogens with zero attached hydrogens (tertiary/aromatic N) is 3. The fourth-order valence-corrected chi connectivity index (χ4v) is 2.59. The zero-order chi connectivity index (χ0) is 19.9. The van der Waals surface area contributed by atoms with Crippen molar-refractivity contribution < 1.29 is 14.3 Å². The molecule has 8 nitrogen and oxygen atoms in total. The van der Waals surface area contributed by atoms with Crippen molar-refractivity contribution in [2.75, 3.05) is 17.7 Å². The number of hydrogen-bond donors (Lipinski definition) is 2. The van der Waals surface area contributed by atoms with Crippen LogP contribution in [0, 0.1) is 0 Å². The second-order valence-corrected chi connectivity index (χ2v) is 6.19. The third kappa shape index (κ3) is 4.94. The largest absolute Gasteiger partial charge is 0.497 e. The van der Waals surface area contributed by atoms with Gasteiger partial charge in [-0.25, -0.2) is 9.67 Å². The molecule has 0 saturated carbocycles. The fourth-order valence-electron chi connectivity index (χ4n) is 2.59. The Morgan fingerprint density at radius 2 is 1.82 bits per heavy atom. The molecular formula is C20H21N5O3. The van der Waals surface area contributed by atoms with Gasteiger partial charge in [0, 0.05) is 11.4 Å². The molecule has 8 heteroatoms. The highest BCUT2D eigenvalue weighted by Gasteiger charge is 2.15. The molecule has 0 saturated heterocycles. The van der Waals surface area contributed by atoms with Crippen LogP contribution in [0.1, 0.15) is 18.5 Å². The molecule has 1 aromatic heterocycles. The maximum atomic E-state index is 12.2. The van der Waals surface area contributed by atoms with Crippen molar-refractivity contribution in [2.45, 2.75) is 19.4 Å². The van der Waals surface area contributed by atoms with Gasteiger partial charge in [-0.1, -0.05) is 12.1 Å². The number of benzene rings is 2. The molecule has 0 bridgehead atoms. The van der Waals surface area contributed by atoms with E-state index in [2.05, 4.69) is 20.7 Å². The lowest BCUT2D eigenvalue weighted by Crippen LogP contribution is -2.24. The summed E-state index contributed by atoms with van der Waals surface area (Å²) in [5.74, 6) is 0.371. The molecule has 144 valence electrons. The lowest BCUT2D eigenvalue weighted by Gasteiger charge is -2.12. The Morgan fingerprint density at radius 3 is 2.46 bits per heavy atom. The number of carbonyl (C=O) groups is 2. The van der Waals surface area contributed by atoms with Gasteiger partial charge in [0.15, 0.2) is 0 Å². The number of ether oxygens (including phenoxy) is 1.